The summed E-state index contributed by atoms with van der Waals surface area (Å²) in [6.07, 6.45) is 0. The van der Waals surface area contributed by atoms with Gasteiger partial charge in [-0.05, 0) is 48.5 Å². The Morgan fingerprint density at radius 1 is 0.889 bits per heavy atom. The van der Waals surface area contributed by atoms with Crippen LogP contribution in [0.3, 0.4) is 0 Å². The molecule has 0 saturated carbocycles. The molecule has 1 fully saturated rings. The van der Waals surface area contributed by atoms with Crippen molar-refractivity contribution in [2.45, 2.75) is 0 Å². The second-order valence-electron chi connectivity index (χ2n) is 6.51. The first-order valence-electron chi connectivity index (χ1n) is 9.23. The van der Waals surface area contributed by atoms with Crippen LogP contribution >= 0.6 is 0 Å². The summed E-state index contributed by atoms with van der Waals surface area (Å²) in [6, 6.07) is 15.4. The third kappa shape index (κ3) is 5.14. The maximum atomic E-state index is 12.2. The number of carbonyl (C=O) groups is 1. The lowest BCUT2D eigenvalue weighted by atomic mass is 10.2. The molecule has 1 amide bonds. The van der Waals surface area contributed by atoms with Crippen LogP contribution < -0.4 is 19.7 Å². The Kier molecular flexibility index (Phi) is 6.54. The summed E-state index contributed by atoms with van der Waals surface area (Å²) in [4.78, 5) is 17.0. The number of benzene rings is 2. The number of nitrogens with zero attached hydrogens (tertiary/aromatic N) is 2. The molecule has 0 aromatic heterocycles. The maximum Gasteiger partial charge on any atom is 0.251 e. The van der Waals surface area contributed by atoms with E-state index >= 15 is 0 Å². The lowest BCUT2D eigenvalue weighted by Crippen LogP contribution is -2.48. The number of amides is 1. The van der Waals surface area contributed by atoms with Crippen molar-refractivity contribution >= 4 is 11.6 Å². The molecule has 1 aliphatic rings. The first-order valence-corrected chi connectivity index (χ1v) is 9.23. The van der Waals surface area contributed by atoms with E-state index in [1.165, 1.54) is 5.69 Å². The first kappa shape index (κ1) is 19.0. The van der Waals surface area contributed by atoms with Gasteiger partial charge in [0.05, 0.1) is 14.2 Å². The number of anilines is 1. The molecule has 1 heterocycles. The molecule has 6 nitrogen and oxygen atoms in total. The van der Waals surface area contributed by atoms with Crippen molar-refractivity contribution in [2.75, 3.05) is 58.4 Å². The fourth-order valence-corrected chi connectivity index (χ4v) is 3.19. The van der Waals surface area contributed by atoms with E-state index in [1.54, 1.807) is 38.5 Å². The molecule has 0 radical (unpaired) electrons. The van der Waals surface area contributed by atoms with Gasteiger partial charge in [0.15, 0.2) is 0 Å². The van der Waals surface area contributed by atoms with Crippen molar-refractivity contribution < 1.29 is 14.3 Å². The zero-order chi connectivity index (χ0) is 19.1. The van der Waals surface area contributed by atoms with Crippen LogP contribution in [0.25, 0.3) is 0 Å². The number of ether oxygens (including phenoxy) is 2. The molecular weight excluding hydrogens is 342 g/mol. The van der Waals surface area contributed by atoms with E-state index in [1.807, 2.05) is 12.1 Å². The van der Waals surface area contributed by atoms with Gasteiger partial charge in [-0.15, -0.1) is 0 Å². The Hall–Kier alpha value is -2.73. The average molecular weight is 369 g/mol. The normalized spacial score (nSPS) is 14.7. The number of nitrogens with one attached hydrogen (secondary N) is 1. The Bertz CT molecular complexity index is 723. The number of methoxy groups -OCH3 is 2. The van der Waals surface area contributed by atoms with Gasteiger partial charge in [-0.3, -0.25) is 9.69 Å². The molecule has 0 unspecified atom stereocenters. The summed E-state index contributed by atoms with van der Waals surface area (Å²) in [5, 5.41) is 2.99. The second kappa shape index (κ2) is 9.28. The van der Waals surface area contributed by atoms with E-state index in [0.29, 0.717) is 12.1 Å². The highest BCUT2D eigenvalue weighted by atomic mass is 16.5. The van der Waals surface area contributed by atoms with Gasteiger partial charge >= 0.3 is 0 Å². The minimum atomic E-state index is -0.0467. The van der Waals surface area contributed by atoms with E-state index in [4.69, 9.17) is 9.47 Å². The molecule has 1 saturated heterocycles. The van der Waals surface area contributed by atoms with Crippen molar-refractivity contribution in [1.29, 1.82) is 0 Å². The van der Waals surface area contributed by atoms with Gasteiger partial charge in [0, 0.05) is 50.5 Å². The minimum Gasteiger partial charge on any atom is -0.497 e. The zero-order valence-electron chi connectivity index (χ0n) is 16.0. The molecule has 144 valence electrons. The fraction of sp³-hybridized carbons (Fsp3) is 0.381. The third-order valence-electron chi connectivity index (χ3n) is 4.88. The van der Waals surface area contributed by atoms with Crippen molar-refractivity contribution in [3.05, 3.63) is 54.1 Å². The molecule has 2 aromatic carbocycles. The lowest BCUT2D eigenvalue weighted by molar-refractivity contribution is 0.0947. The minimum absolute atomic E-state index is 0.0467. The summed E-state index contributed by atoms with van der Waals surface area (Å²) in [6.45, 7) is 5.46. The van der Waals surface area contributed by atoms with Gasteiger partial charge in [0.1, 0.15) is 11.5 Å². The largest absolute Gasteiger partial charge is 0.497 e. The highest BCUT2D eigenvalue weighted by molar-refractivity contribution is 5.94. The molecular formula is C21H27N3O3. The average Bonchev–Trinajstić information content (AvgIpc) is 2.74. The zero-order valence-corrected chi connectivity index (χ0v) is 16.0. The van der Waals surface area contributed by atoms with Crippen molar-refractivity contribution in [2.24, 2.45) is 0 Å². The standard InChI is InChI=1S/C21H27N3O3/c1-26-19-7-3-17(4-8-19)21(25)22-11-12-23-13-15-24(16-14-23)18-5-9-20(27-2)10-6-18/h3-10H,11-16H2,1-2H3,(H,22,25). The topological polar surface area (TPSA) is 54.0 Å². The van der Waals surface area contributed by atoms with E-state index in [-0.39, 0.29) is 5.91 Å². The van der Waals surface area contributed by atoms with E-state index in [9.17, 15) is 4.79 Å². The fourth-order valence-electron chi connectivity index (χ4n) is 3.19. The van der Waals surface area contributed by atoms with Gasteiger partial charge in [0.2, 0.25) is 0 Å². The summed E-state index contributed by atoms with van der Waals surface area (Å²) >= 11 is 0. The highest BCUT2D eigenvalue weighted by Crippen LogP contribution is 2.20. The van der Waals surface area contributed by atoms with Crippen molar-refractivity contribution in [3.8, 4) is 11.5 Å². The molecule has 0 aliphatic carbocycles. The molecule has 1 aliphatic heterocycles. The number of carbonyl (C=O) groups excluding carboxylic acids is 1. The summed E-state index contributed by atoms with van der Waals surface area (Å²) < 4.78 is 10.3. The monoisotopic (exact) mass is 369 g/mol. The van der Waals surface area contributed by atoms with Gasteiger partial charge < -0.3 is 19.7 Å². The number of rotatable bonds is 7. The molecule has 3 rings (SSSR count). The summed E-state index contributed by atoms with van der Waals surface area (Å²) in [5.41, 5.74) is 1.88. The molecule has 1 N–H and O–H groups in total. The predicted octanol–water partition coefficient (Wildman–Crippen LogP) is 2.26. The third-order valence-corrected chi connectivity index (χ3v) is 4.88. The van der Waals surface area contributed by atoms with Gasteiger partial charge in [-0.25, -0.2) is 0 Å². The Morgan fingerprint density at radius 2 is 1.44 bits per heavy atom. The van der Waals surface area contributed by atoms with Crippen LogP contribution in [0.2, 0.25) is 0 Å². The van der Waals surface area contributed by atoms with E-state index in [0.717, 1.165) is 44.2 Å². The Labute approximate surface area is 160 Å². The quantitative estimate of drug-likeness (QED) is 0.811. The number of hydrogen-bond acceptors (Lipinski definition) is 5. The predicted molar refractivity (Wildman–Crippen MR) is 107 cm³/mol. The Morgan fingerprint density at radius 3 is 2.00 bits per heavy atom. The van der Waals surface area contributed by atoms with Crippen LogP contribution in [-0.4, -0.2) is 64.3 Å². The summed E-state index contributed by atoms with van der Waals surface area (Å²) in [7, 11) is 3.30. The van der Waals surface area contributed by atoms with Gasteiger partial charge in [-0.2, -0.15) is 0 Å². The van der Waals surface area contributed by atoms with E-state index in [2.05, 4.69) is 27.2 Å². The Balaban J connectivity index is 1.39. The molecule has 6 heteroatoms. The van der Waals surface area contributed by atoms with E-state index < -0.39 is 0 Å². The first-order chi connectivity index (χ1) is 13.2. The van der Waals surface area contributed by atoms with Crippen LogP contribution in [0.5, 0.6) is 11.5 Å². The van der Waals surface area contributed by atoms with Gasteiger partial charge in [-0.1, -0.05) is 0 Å². The lowest BCUT2D eigenvalue weighted by Gasteiger charge is -2.36. The second-order valence-corrected chi connectivity index (χ2v) is 6.51. The van der Waals surface area contributed by atoms with Crippen LogP contribution in [0.4, 0.5) is 5.69 Å². The molecule has 0 bridgehead atoms. The van der Waals surface area contributed by atoms with Crippen LogP contribution in [0.1, 0.15) is 10.4 Å². The van der Waals surface area contributed by atoms with Crippen molar-refractivity contribution in [1.82, 2.24) is 10.2 Å². The summed E-state index contributed by atoms with van der Waals surface area (Å²) in [5.74, 6) is 1.58. The van der Waals surface area contributed by atoms with Crippen molar-refractivity contribution in [3.63, 3.8) is 0 Å². The maximum absolute atomic E-state index is 12.2. The molecule has 27 heavy (non-hydrogen) atoms. The molecule has 2 aromatic rings. The highest BCUT2D eigenvalue weighted by Gasteiger charge is 2.17. The molecule has 0 spiro atoms. The van der Waals surface area contributed by atoms with Crippen LogP contribution in [0, 0.1) is 0 Å². The molecule has 0 atom stereocenters. The number of hydrogen-bond donors (Lipinski definition) is 1. The SMILES string of the molecule is COc1ccc(C(=O)NCCN2CCN(c3ccc(OC)cc3)CC2)cc1. The van der Waals surface area contributed by atoms with Gasteiger partial charge in [0.25, 0.3) is 5.91 Å². The number of piperazine rings is 1. The van der Waals surface area contributed by atoms with Crippen LogP contribution in [-0.2, 0) is 0 Å². The van der Waals surface area contributed by atoms with Crippen LogP contribution in [0.15, 0.2) is 48.5 Å². The smallest absolute Gasteiger partial charge is 0.251 e.